The van der Waals surface area contributed by atoms with Crippen LogP contribution in [0.3, 0.4) is 0 Å². The van der Waals surface area contributed by atoms with Crippen molar-refractivity contribution in [2.24, 2.45) is 0 Å². The first-order valence-electron chi connectivity index (χ1n) is 7.04. The van der Waals surface area contributed by atoms with Crippen LogP contribution in [0.2, 0.25) is 0 Å². The minimum absolute atomic E-state index is 0.243. The van der Waals surface area contributed by atoms with Crippen LogP contribution in [0.5, 0.6) is 0 Å². The Balaban J connectivity index is 1.76. The standard InChI is InChI=1S/C12H22N4O4S/c1-14(2)21(19,20)12(18)13-9-11(17)16-7-5-15(6-8-16)10-3-4-10/h10H,3-9H2,1-2H3,(H,13,18). The summed E-state index contributed by atoms with van der Waals surface area (Å²) >= 11 is 0. The van der Waals surface area contributed by atoms with Crippen LogP contribution >= 0.6 is 0 Å². The molecule has 1 N–H and O–H groups in total. The Morgan fingerprint density at radius 3 is 2.19 bits per heavy atom. The van der Waals surface area contributed by atoms with E-state index in [0.29, 0.717) is 19.1 Å². The molecule has 120 valence electrons. The van der Waals surface area contributed by atoms with Crippen LogP contribution in [0.25, 0.3) is 0 Å². The van der Waals surface area contributed by atoms with Gasteiger partial charge < -0.3 is 10.2 Å². The number of carbonyl (C=O) groups is 2. The molecule has 0 radical (unpaired) electrons. The molecule has 0 spiro atoms. The monoisotopic (exact) mass is 318 g/mol. The van der Waals surface area contributed by atoms with Gasteiger partial charge in [0.15, 0.2) is 0 Å². The van der Waals surface area contributed by atoms with Gasteiger partial charge in [0.05, 0.1) is 6.54 Å². The predicted octanol–water partition coefficient (Wildman–Crippen LogP) is -1.11. The number of piperazine rings is 1. The van der Waals surface area contributed by atoms with E-state index in [2.05, 4.69) is 10.2 Å². The average molecular weight is 318 g/mol. The third-order valence-corrected chi connectivity index (χ3v) is 5.40. The largest absolute Gasteiger partial charge is 0.352 e. The number of hydrogen-bond acceptors (Lipinski definition) is 5. The average Bonchev–Trinajstić information content (AvgIpc) is 3.28. The van der Waals surface area contributed by atoms with E-state index in [1.54, 1.807) is 4.90 Å². The van der Waals surface area contributed by atoms with Gasteiger partial charge in [0.1, 0.15) is 0 Å². The number of carbonyl (C=O) groups excluding carboxylic acids is 2. The highest BCUT2D eigenvalue weighted by atomic mass is 32.2. The molecule has 0 aromatic rings. The Labute approximate surface area is 125 Å². The third-order valence-electron chi connectivity index (χ3n) is 3.83. The molecule has 1 aliphatic heterocycles. The van der Waals surface area contributed by atoms with Gasteiger partial charge in [0.25, 0.3) is 10.0 Å². The molecule has 0 unspecified atom stereocenters. The van der Waals surface area contributed by atoms with Gasteiger partial charge in [-0.05, 0) is 12.8 Å². The molecule has 2 fully saturated rings. The molecule has 2 aliphatic rings. The Kier molecular flexibility index (Phi) is 4.84. The second-order valence-electron chi connectivity index (χ2n) is 5.58. The van der Waals surface area contributed by atoms with E-state index < -0.39 is 15.3 Å². The van der Waals surface area contributed by atoms with E-state index in [1.165, 1.54) is 26.9 Å². The summed E-state index contributed by atoms with van der Waals surface area (Å²) in [5, 5.41) is 1.03. The van der Waals surface area contributed by atoms with Crippen molar-refractivity contribution in [3.8, 4) is 0 Å². The van der Waals surface area contributed by atoms with Crippen molar-refractivity contribution in [2.45, 2.75) is 18.9 Å². The molecule has 0 bridgehead atoms. The Bertz CT molecular complexity index is 507. The first-order valence-corrected chi connectivity index (χ1v) is 8.48. The molecule has 2 rings (SSSR count). The molecule has 21 heavy (non-hydrogen) atoms. The van der Waals surface area contributed by atoms with Crippen LogP contribution in [0.15, 0.2) is 0 Å². The number of nitrogens with zero attached hydrogens (tertiary/aromatic N) is 3. The van der Waals surface area contributed by atoms with Gasteiger partial charge in [0, 0.05) is 46.3 Å². The number of hydrogen-bond donors (Lipinski definition) is 1. The lowest BCUT2D eigenvalue weighted by Crippen LogP contribution is -2.52. The zero-order chi connectivity index (χ0) is 15.6. The molecular weight excluding hydrogens is 296 g/mol. The van der Waals surface area contributed by atoms with Gasteiger partial charge in [-0.2, -0.15) is 4.31 Å². The second-order valence-corrected chi connectivity index (χ2v) is 7.63. The van der Waals surface area contributed by atoms with E-state index in [1.807, 2.05) is 0 Å². The zero-order valence-electron chi connectivity index (χ0n) is 12.4. The van der Waals surface area contributed by atoms with E-state index in [0.717, 1.165) is 17.4 Å². The number of sulfonamides is 1. The van der Waals surface area contributed by atoms with Crippen LogP contribution in [0.1, 0.15) is 12.8 Å². The third kappa shape index (κ3) is 3.92. The maximum absolute atomic E-state index is 12.0. The topological polar surface area (TPSA) is 90.0 Å². The molecular formula is C12H22N4O4S. The Morgan fingerprint density at radius 2 is 1.71 bits per heavy atom. The summed E-state index contributed by atoms with van der Waals surface area (Å²) < 4.78 is 23.9. The minimum Gasteiger partial charge on any atom is -0.339 e. The van der Waals surface area contributed by atoms with E-state index in [-0.39, 0.29) is 12.5 Å². The first-order chi connectivity index (χ1) is 9.82. The molecule has 1 saturated heterocycles. The fourth-order valence-electron chi connectivity index (χ4n) is 2.29. The van der Waals surface area contributed by atoms with Crippen molar-refractivity contribution in [3.05, 3.63) is 0 Å². The molecule has 1 heterocycles. The van der Waals surface area contributed by atoms with Crippen molar-refractivity contribution < 1.29 is 18.0 Å². The maximum atomic E-state index is 12.0. The molecule has 8 nitrogen and oxygen atoms in total. The van der Waals surface area contributed by atoms with Gasteiger partial charge in [-0.3, -0.25) is 14.5 Å². The van der Waals surface area contributed by atoms with Gasteiger partial charge in [-0.1, -0.05) is 0 Å². The summed E-state index contributed by atoms with van der Waals surface area (Å²) in [7, 11) is -1.47. The molecule has 1 saturated carbocycles. The number of amides is 2. The van der Waals surface area contributed by atoms with Crippen LogP contribution in [-0.2, 0) is 14.8 Å². The van der Waals surface area contributed by atoms with Crippen LogP contribution < -0.4 is 5.32 Å². The van der Waals surface area contributed by atoms with Gasteiger partial charge in [0.2, 0.25) is 5.91 Å². The van der Waals surface area contributed by atoms with Gasteiger partial charge >= 0.3 is 5.24 Å². The highest BCUT2D eigenvalue weighted by Crippen LogP contribution is 2.27. The molecule has 0 atom stereocenters. The lowest BCUT2D eigenvalue weighted by atomic mass is 10.3. The van der Waals surface area contributed by atoms with E-state index in [4.69, 9.17) is 0 Å². The summed E-state index contributed by atoms with van der Waals surface area (Å²) in [4.78, 5) is 27.5. The van der Waals surface area contributed by atoms with Gasteiger partial charge in [-0.15, -0.1) is 0 Å². The van der Waals surface area contributed by atoms with Crippen molar-refractivity contribution in [2.75, 3.05) is 46.8 Å². The quantitative estimate of drug-likeness (QED) is 0.710. The lowest BCUT2D eigenvalue weighted by Gasteiger charge is -2.34. The maximum Gasteiger partial charge on any atom is 0.352 e. The Hall–Kier alpha value is -1.19. The summed E-state index contributed by atoms with van der Waals surface area (Å²) in [5.41, 5.74) is 0. The van der Waals surface area contributed by atoms with Crippen molar-refractivity contribution in [1.82, 2.24) is 19.4 Å². The minimum atomic E-state index is -4.01. The summed E-state index contributed by atoms with van der Waals surface area (Å²) in [6.45, 7) is 2.67. The molecule has 9 heteroatoms. The second kappa shape index (κ2) is 6.29. The van der Waals surface area contributed by atoms with Crippen LogP contribution in [0, 0.1) is 0 Å². The summed E-state index contributed by atoms with van der Waals surface area (Å²) in [6, 6.07) is 0.687. The lowest BCUT2D eigenvalue weighted by molar-refractivity contribution is -0.131. The van der Waals surface area contributed by atoms with Crippen molar-refractivity contribution >= 4 is 21.2 Å². The number of rotatable bonds is 4. The fourth-order valence-corrected chi connectivity index (χ4v) is 2.88. The van der Waals surface area contributed by atoms with Crippen LogP contribution in [0.4, 0.5) is 4.79 Å². The highest BCUT2D eigenvalue weighted by Gasteiger charge is 2.32. The molecule has 2 amide bonds. The van der Waals surface area contributed by atoms with Crippen molar-refractivity contribution in [3.63, 3.8) is 0 Å². The zero-order valence-corrected chi connectivity index (χ0v) is 13.2. The van der Waals surface area contributed by atoms with Crippen LogP contribution in [-0.4, -0.2) is 86.5 Å². The van der Waals surface area contributed by atoms with Gasteiger partial charge in [-0.25, -0.2) is 8.42 Å². The first kappa shape index (κ1) is 16.2. The fraction of sp³-hybridized carbons (Fsp3) is 0.833. The van der Waals surface area contributed by atoms with E-state index in [9.17, 15) is 18.0 Å². The van der Waals surface area contributed by atoms with E-state index >= 15 is 0 Å². The Morgan fingerprint density at radius 1 is 1.14 bits per heavy atom. The van der Waals surface area contributed by atoms with Crippen molar-refractivity contribution in [1.29, 1.82) is 0 Å². The highest BCUT2D eigenvalue weighted by molar-refractivity contribution is 8.03. The summed E-state index contributed by atoms with van der Waals surface area (Å²) in [5.74, 6) is -0.243. The smallest absolute Gasteiger partial charge is 0.339 e. The molecule has 0 aromatic heterocycles. The molecule has 0 aromatic carbocycles. The summed E-state index contributed by atoms with van der Waals surface area (Å²) in [6.07, 6.45) is 2.48. The SMILES string of the molecule is CN(C)S(=O)(=O)C(=O)NCC(=O)N1CCN(C2CC2)CC1. The normalized spacial score (nSPS) is 20.6. The number of nitrogens with one attached hydrogen (secondary N) is 1. The predicted molar refractivity (Wildman–Crippen MR) is 77.2 cm³/mol. The molecule has 1 aliphatic carbocycles.